The molecule has 0 heterocycles. The zero-order valence-electron chi connectivity index (χ0n) is 13.8. The molecule has 0 aliphatic heterocycles. The Morgan fingerprint density at radius 3 is 1.91 bits per heavy atom. The second kappa shape index (κ2) is 7.57. The minimum atomic E-state index is -0.423. The van der Waals surface area contributed by atoms with Crippen molar-refractivity contribution in [1.82, 2.24) is 0 Å². The molecular weight excluding hydrogens is 299 g/mol. The molecule has 0 bridgehead atoms. The Morgan fingerprint density at radius 2 is 1.41 bits per heavy atom. The lowest BCUT2D eigenvalue weighted by molar-refractivity contribution is 0.607. The third-order valence-corrected chi connectivity index (χ3v) is 9.27. The molecule has 2 atom stereocenters. The van der Waals surface area contributed by atoms with Crippen LogP contribution in [0, 0.1) is 5.92 Å². The van der Waals surface area contributed by atoms with Crippen LogP contribution in [-0.4, -0.2) is 14.5 Å². The minimum absolute atomic E-state index is 0.188. The predicted molar refractivity (Wildman–Crippen MR) is 104 cm³/mol. The van der Waals surface area contributed by atoms with Gasteiger partial charge in [0.1, 0.15) is 0 Å². The Balaban J connectivity index is 1.84. The van der Waals surface area contributed by atoms with Gasteiger partial charge in [0.25, 0.3) is 0 Å². The number of hydrogen-bond acceptors (Lipinski definition) is 0. The van der Waals surface area contributed by atoms with Crippen molar-refractivity contribution in [2.24, 2.45) is 5.92 Å². The van der Waals surface area contributed by atoms with Crippen molar-refractivity contribution in [3.05, 3.63) is 60.7 Å². The summed E-state index contributed by atoms with van der Waals surface area (Å²) >= 11 is 0. The van der Waals surface area contributed by atoms with Gasteiger partial charge in [0, 0.05) is 8.80 Å². The lowest BCUT2D eigenvalue weighted by atomic mass is 10.1. The van der Waals surface area contributed by atoms with Gasteiger partial charge in [-0.2, -0.15) is 0 Å². The fourth-order valence-electron chi connectivity index (χ4n) is 3.91. The first-order valence-electron chi connectivity index (χ1n) is 8.63. The summed E-state index contributed by atoms with van der Waals surface area (Å²) in [6.07, 6.45) is 4.36. The second-order valence-electron chi connectivity index (χ2n) is 7.00. The topological polar surface area (TPSA) is 0 Å². The van der Waals surface area contributed by atoms with Gasteiger partial charge in [0.15, 0.2) is 0 Å². The molecule has 0 spiro atoms. The zero-order valence-corrected chi connectivity index (χ0v) is 15.8. The van der Waals surface area contributed by atoms with Gasteiger partial charge in [-0.15, -0.1) is 0 Å². The van der Waals surface area contributed by atoms with E-state index in [1.54, 1.807) is 16.7 Å². The van der Waals surface area contributed by atoms with Crippen molar-refractivity contribution < 1.29 is 0 Å². The van der Waals surface area contributed by atoms with Crippen molar-refractivity contribution in [3.63, 3.8) is 0 Å². The maximum atomic E-state index is 2.50. The molecule has 22 heavy (non-hydrogen) atoms. The molecule has 1 aliphatic carbocycles. The fourth-order valence-corrected chi connectivity index (χ4v) is 8.72. The third kappa shape index (κ3) is 3.89. The molecule has 116 valence electrons. The molecule has 0 amide bonds. The van der Waals surface area contributed by atoms with Crippen LogP contribution in [0.25, 0.3) is 0 Å². The van der Waals surface area contributed by atoms with E-state index in [1.165, 1.54) is 19.3 Å². The molecule has 2 aromatic carbocycles. The van der Waals surface area contributed by atoms with Gasteiger partial charge in [0.2, 0.25) is 0 Å². The van der Waals surface area contributed by atoms with Crippen LogP contribution in [-0.2, 0) is 0 Å². The summed E-state index contributed by atoms with van der Waals surface area (Å²) in [4.78, 5) is 0. The molecule has 2 unspecified atom stereocenters. The highest BCUT2D eigenvalue weighted by Gasteiger charge is 2.32. The van der Waals surface area contributed by atoms with Crippen LogP contribution in [0.4, 0.5) is 0 Å². The summed E-state index contributed by atoms with van der Waals surface area (Å²) in [6, 6.07) is 24.1. The maximum Gasteiger partial charge on any atom is 0.0308 e. The monoisotopic (exact) mass is 326 g/mol. The molecule has 0 nitrogen and oxygen atoms in total. The molecule has 0 N–H and O–H groups in total. The molecule has 3 rings (SSSR count). The fraction of sp³-hybridized carbons (Fsp3) is 0.400. The summed E-state index contributed by atoms with van der Waals surface area (Å²) in [5, 5.41) is 3.13. The van der Waals surface area contributed by atoms with E-state index in [2.05, 4.69) is 73.8 Å². The first-order valence-corrected chi connectivity index (χ1v) is 13.2. The quantitative estimate of drug-likeness (QED) is 0.548. The van der Waals surface area contributed by atoms with Gasteiger partial charge in [-0.3, -0.25) is 0 Å². The lowest BCUT2D eigenvalue weighted by Gasteiger charge is -2.25. The van der Waals surface area contributed by atoms with E-state index in [-0.39, 0.29) is 7.92 Å². The summed E-state index contributed by atoms with van der Waals surface area (Å²) in [5.41, 5.74) is 0.887. The van der Waals surface area contributed by atoms with Gasteiger partial charge in [-0.25, -0.2) is 0 Å². The van der Waals surface area contributed by atoms with Crippen molar-refractivity contribution in [1.29, 1.82) is 0 Å². The third-order valence-electron chi connectivity index (χ3n) is 4.75. The Kier molecular flexibility index (Phi) is 5.49. The Labute approximate surface area is 138 Å². The van der Waals surface area contributed by atoms with Crippen molar-refractivity contribution >= 4 is 27.3 Å². The highest BCUT2D eigenvalue weighted by atomic mass is 31.1. The largest absolute Gasteiger partial charge is 0.0722 e. The first-order chi connectivity index (χ1) is 10.7. The normalized spacial score (nSPS) is 21.6. The van der Waals surface area contributed by atoms with Crippen LogP contribution in [0.2, 0.25) is 19.1 Å². The second-order valence-corrected chi connectivity index (χ2v) is 12.8. The van der Waals surface area contributed by atoms with Gasteiger partial charge in [-0.1, -0.05) is 86.2 Å². The molecule has 0 aromatic heterocycles. The molecule has 1 saturated carbocycles. The summed E-state index contributed by atoms with van der Waals surface area (Å²) in [6.45, 7) is 5.01. The molecule has 0 saturated heterocycles. The number of benzene rings is 2. The van der Waals surface area contributed by atoms with E-state index >= 15 is 0 Å². The van der Waals surface area contributed by atoms with Crippen LogP contribution >= 0.6 is 7.92 Å². The molecule has 2 heteroatoms. The highest BCUT2D eigenvalue weighted by Crippen LogP contribution is 2.49. The number of hydrogen-bond donors (Lipinski definition) is 0. The van der Waals surface area contributed by atoms with Crippen LogP contribution in [0.5, 0.6) is 0 Å². The molecule has 1 fully saturated rings. The van der Waals surface area contributed by atoms with Crippen molar-refractivity contribution in [2.45, 2.75) is 44.1 Å². The van der Waals surface area contributed by atoms with Crippen LogP contribution < -0.4 is 10.6 Å². The van der Waals surface area contributed by atoms with E-state index in [0.29, 0.717) is 0 Å². The molecule has 0 radical (unpaired) electrons. The first kappa shape index (κ1) is 16.0. The van der Waals surface area contributed by atoms with E-state index < -0.39 is 8.80 Å². The smallest absolute Gasteiger partial charge is 0.0308 e. The maximum absolute atomic E-state index is 2.50. The predicted octanol–water partition coefficient (Wildman–Crippen LogP) is 4.77. The Bertz CT molecular complexity index is 527. The summed E-state index contributed by atoms with van der Waals surface area (Å²) in [5.74, 6) is 1.01. The van der Waals surface area contributed by atoms with E-state index in [1.807, 2.05) is 0 Å². The zero-order chi connectivity index (χ0) is 15.4. The summed E-state index contributed by atoms with van der Waals surface area (Å²) < 4.78 is 0. The Hall–Kier alpha value is -0.913. The van der Waals surface area contributed by atoms with Gasteiger partial charge < -0.3 is 0 Å². The van der Waals surface area contributed by atoms with Gasteiger partial charge >= 0.3 is 0 Å². The minimum Gasteiger partial charge on any atom is -0.0722 e. The molecule has 1 aliphatic rings. The van der Waals surface area contributed by atoms with Crippen molar-refractivity contribution in [3.8, 4) is 0 Å². The van der Waals surface area contributed by atoms with Crippen LogP contribution in [0.1, 0.15) is 19.3 Å². The van der Waals surface area contributed by atoms with Crippen molar-refractivity contribution in [2.75, 3.05) is 0 Å². The average Bonchev–Trinajstić information content (AvgIpc) is 2.97. The SMILES string of the molecule is C[SiH](C)CC1CCC(P(c2ccccc2)c2ccccc2)C1. The van der Waals surface area contributed by atoms with Gasteiger partial charge in [-0.05, 0) is 42.9 Å². The number of rotatable bonds is 5. The highest BCUT2D eigenvalue weighted by molar-refractivity contribution is 7.73. The van der Waals surface area contributed by atoms with E-state index in [9.17, 15) is 0 Å². The molecule has 2 aromatic rings. The molecular formula is C20H27PSi. The average molecular weight is 326 g/mol. The van der Waals surface area contributed by atoms with E-state index in [4.69, 9.17) is 0 Å². The van der Waals surface area contributed by atoms with Gasteiger partial charge in [0.05, 0.1) is 0 Å². The lowest BCUT2D eigenvalue weighted by Crippen LogP contribution is -2.20. The van der Waals surface area contributed by atoms with Crippen LogP contribution in [0.15, 0.2) is 60.7 Å². The standard InChI is InChI=1S/C20H27PSi/c1-22(2)16-17-13-14-20(15-17)21(18-9-5-3-6-10-18)19-11-7-4-8-12-19/h3-12,17,20,22H,13-16H2,1-2H3. The Morgan fingerprint density at radius 1 is 0.864 bits per heavy atom. The van der Waals surface area contributed by atoms with E-state index in [0.717, 1.165) is 11.6 Å². The van der Waals surface area contributed by atoms with Crippen LogP contribution in [0.3, 0.4) is 0 Å². The summed E-state index contributed by atoms with van der Waals surface area (Å²) in [7, 11) is -0.611.